The molecule has 1 aliphatic heterocycles. The first-order valence-electron chi connectivity index (χ1n) is 6.36. The van der Waals surface area contributed by atoms with Gasteiger partial charge in [-0.05, 0) is 35.9 Å². The van der Waals surface area contributed by atoms with Crippen molar-refractivity contribution in [1.29, 1.82) is 0 Å². The Labute approximate surface area is 142 Å². The number of carbonyl (C=O) groups is 1. The van der Waals surface area contributed by atoms with E-state index in [2.05, 4.69) is 10.3 Å². The van der Waals surface area contributed by atoms with E-state index in [0.29, 0.717) is 26.6 Å². The third kappa shape index (κ3) is 3.17. The summed E-state index contributed by atoms with van der Waals surface area (Å²) in [6, 6.07) is 12.2. The zero-order valence-corrected chi connectivity index (χ0v) is 13.4. The molecule has 0 atom stereocenters. The lowest BCUT2D eigenvalue weighted by atomic mass is 10.2. The molecule has 6 heteroatoms. The third-order valence-corrected chi connectivity index (χ3v) is 4.02. The maximum absolute atomic E-state index is 12.0. The van der Waals surface area contributed by atoms with E-state index in [1.54, 1.807) is 42.5 Å². The minimum absolute atomic E-state index is 0.277. The zero-order valence-electron chi connectivity index (χ0n) is 11.1. The van der Waals surface area contributed by atoms with E-state index in [1.165, 1.54) is 0 Å². The number of halogens is 3. The standard InChI is InChI=1S/C16H9Cl3N2O/c17-11-3-1-2-10(8-11)15-20-14(16(22)21-15)7-9-4-5-12(18)13(19)6-9/h1-8H,(H,20,21,22)/b14-7+. The monoisotopic (exact) mass is 350 g/mol. The second-order valence-electron chi connectivity index (χ2n) is 4.63. The molecule has 1 N–H and O–H groups in total. The first-order valence-corrected chi connectivity index (χ1v) is 7.49. The minimum Gasteiger partial charge on any atom is -0.305 e. The number of hydrogen-bond donors (Lipinski definition) is 1. The Hall–Kier alpha value is -1.81. The van der Waals surface area contributed by atoms with Crippen LogP contribution in [-0.4, -0.2) is 11.7 Å². The first-order chi connectivity index (χ1) is 10.5. The van der Waals surface area contributed by atoms with Crippen molar-refractivity contribution in [2.45, 2.75) is 0 Å². The highest BCUT2D eigenvalue weighted by Crippen LogP contribution is 2.24. The number of nitrogens with zero attached hydrogens (tertiary/aromatic N) is 1. The first kappa shape index (κ1) is 15.1. The van der Waals surface area contributed by atoms with Gasteiger partial charge in [0.05, 0.1) is 10.0 Å². The van der Waals surface area contributed by atoms with Gasteiger partial charge in [-0.2, -0.15) is 0 Å². The van der Waals surface area contributed by atoms with E-state index in [9.17, 15) is 4.79 Å². The predicted octanol–water partition coefficient (Wildman–Crippen LogP) is 4.56. The topological polar surface area (TPSA) is 41.5 Å². The SMILES string of the molecule is O=C1NC(c2cccc(Cl)c2)=N/C1=C/c1ccc(Cl)c(Cl)c1. The number of amides is 1. The van der Waals surface area contributed by atoms with Gasteiger partial charge >= 0.3 is 0 Å². The number of carbonyl (C=O) groups excluding carboxylic acids is 1. The fraction of sp³-hybridized carbons (Fsp3) is 0. The molecule has 0 aliphatic carbocycles. The molecule has 1 heterocycles. The Morgan fingerprint density at radius 2 is 1.82 bits per heavy atom. The Balaban J connectivity index is 1.95. The van der Waals surface area contributed by atoms with Crippen LogP contribution in [0, 0.1) is 0 Å². The van der Waals surface area contributed by atoms with Crippen molar-refractivity contribution in [1.82, 2.24) is 5.32 Å². The van der Waals surface area contributed by atoms with Crippen molar-refractivity contribution >= 4 is 52.6 Å². The summed E-state index contributed by atoms with van der Waals surface area (Å²) < 4.78 is 0. The van der Waals surface area contributed by atoms with Crippen LogP contribution < -0.4 is 5.32 Å². The lowest BCUT2D eigenvalue weighted by Crippen LogP contribution is -2.24. The Kier molecular flexibility index (Phi) is 4.21. The Morgan fingerprint density at radius 3 is 2.55 bits per heavy atom. The molecule has 110 valence electrons. The summed E-state index contributed by atoms with van der Waals surface area (Å²) in [7, 11) is 0. The van der Waals surface area contributed by atoms with Crippen LogP contribution in [0.5, 0.6) is 0 Å². The summed E-state index contributed by atoms with van der Waals surface area (Å²) in [5.41, 5.74) is 1.79. The minimum atomic E-state index is -0.277. The van der Waals surface area contributed by atoms with Gasteiger partial charge in [0.2, 0.25) is 0 Å². The van der Waals surface area contributed by atoms with Crippen molar-refractivity contribution in [3.05, 3.63) is 74.4 Å². The quantitative estimate of drug-likeness (QED) is 0.792. The number of amidine groups is 1. The number of aliphatic imine (C=N–C) groups is 1. The van der Waals surface area contributed by atoms with E-state index in [1.807, 2.05) is 6.07 Å². The van der Waals surface area contributed by atoms with E-state index in [-0.39, 0.29) is 5.91 Å². The molecule has 1 amide bonds. The second-order valence-corrected chi connectivity index (χ2v) is 5.88. The third-order valence-electron chi connectivity index (χ3n) is 3.04. The van der Waals surface area contributed by atoms with Gasteiger partial charge in [0.1, 0.15) is 11.5 Å². The average molecular weight is 352 g/mol. The summed E-state index contributed by atoms with van der Waals surface area (Å²) in [4.78, 5) is 16.3. The van der Waals surface area contributed by atoms with Crippen molar-refractivity contribution < 1.29 is 4.79 Å². The van der Waals surface area contributed by atoms with Crippen molar-refractivity contribution in [2.75, 3.05) is 0 Å². The van der Waals surface area contributed by atoms with E-state index in [4.69, 9.17) is 34.8 Å². The molecule has 3 rings (SSSR count). The molecular weight excluding hydrogens is 343 g/mol. The summed E-state index contributed by atoms with van der Waals surface area (Å²) in [6.45, 7) is 0. The summed E-state index contributed by atoms with van der Waals surface area (Å²) >= 11 is 17.8. The largest absolute Gasteiger partial charge is 0.305 e. The maximum Gasteiger partial charge on any atom is 0.275 e. The molecule has 2 aromatic carbocycles. The molecule has 0 saturated carbocycles. The molecular formula is C16H9Cl3N2O. The van der Waals surface area contributed by atoms with Crippen LogP contribution in [0.1, 0.15) is 11.1 Å². The van der Waals surface area contributed by atoms with Gasteiger partial charge in [-0.3, -0.25) is 4.79 Å². The van der Waals surface area contributed by atoms with Crippen LogP contribution in [0.3, 0.4) is 0 Å². The molecule has 0 saturated heterocycles. The lowest BCUT2D eigenvalue weighted by molar-refractivity contribution is -0.115. The van der Waals surface area contributed by atoms with E-state index in [0.717, 1.165) is 11.1 Å². The average Bonchev–Trinajstić information content (AvgIpc) is 2.84. The highest BCUT2D eigenvalue weighted by atomic mass is 35.5. The number of nitrogens with one attached hydrogen (secondary N) is 1. The molecule has 3 nitrogen and oxygen atoms in total. The smallest absolute Gasteiger partial charge is 0.275 e. The summed E-state index contributed by atoms with van der Waals surface area (Å²) in [6.07, 6.45) is 1.65. The molecule has 0 bridgehead atoms. The molecule has 0 unspecified atom stereocenters. The van der Waals surface area contributed by atoms with Crippen LogP contribution in [0.2, 0.25) is 15.1 Å². The van der Waals surface area contributed by atoms with Crippen LogP contribution in [0.25, 0.3) is 6.08 Å². The van der Waals surface area contributed by atoms with Gasteiger partial charge in [0, 0.05) is 10.6 Å². The van der Waals surface area contributed by atoms with Crippen LogP contribution in [0.4, 0.5) is 0 Å². The van der Waals surface area contributed by atoms with Gasteiger partial charge < -0.3 is 5.32 Å². The zero-order chi connectivity index (χ0) is 15.7. The van der Waals surface area contributed by atoms with Crippen LogP contribution >= 0.6 is 34.8 Å². The molecule has 0 fully saturated rings. The number of benzene rings is 2. The van der Waals surface area contributed by atoms with Crippen molar-refractivity contribution in [3.8, 4) is 0 Å². The van der Waals surface area contributed by atoms with Gasteiger partial charge in [0.25, 0.3) is 5.91 Å². The number of hydrogen-bond acceptors (Lipinski definition) is 2. The van der Waals surface area contributed by atoms with E-state index < -0.39 is 0 Å². The number of rotatable bonds is 2. The fourth-order valence-electron chi connectivity index (χ4n) is 2.00. The van der Waals surface area contributed by atoms with Gasteiger partial charge in [-0.25, -0.2) is 4.99 Å². The van der Waals surface area contributed by atoms with Gasteiger partial charge in [-0.1, -0.05) is 53.0 Å². The second kappa shape index (κ2) is 6.13. The Morgan fingerprint density at radius 1 is 1.00 bits per heavy atom. The van der Waals surface area contributed by atoms with Crippen LogP contribution in [0.15, 0.2) is 53.2 Å². The van der Waals surface area contributed by atoms with Gasteiger partial charge in [-0.15, -0.1) is 0 Å². The highest BCUT2D eigenvalue weighted by molar-refractivity contribution is 6.42. The molecule has 0 radical (unpaired) electrons. The maximum atomic E-state index is 12.0. The van der Waals surface area contributed by atoms with E-state index >= 15 is 0 Å². The molecule has 1 aliphatic rings. The van der Waals surface area contributed by atoms with Gasteiger partial charge in [0.15, 0.2) is 0 Å². The summed E-state index contributed by atoms with van der Waals surface area (Å²) in [5.74, 6) is 0.194. The van der Waals surface area contributed by atoms with Crippen molar-refractivity contribution in [3.63, 3.8) is 0 Å². The summed E-state index contributed by atoms with van der Waals surface area (Å²) in [5, 5.41) is 4.18. The van der Waals surface area contributed by atoms with Crippen LogP contribution in [-0.2, 0) is 4.79 Å². The predicted molar refractivity (Wildman–Crippen MR) is 90.6 cm³/mol. The lowest BCUT2D eigenvalue weighted by Gasteiger charge is -2.00. The fourth-order valence-corrected chi connectivity index (χ4v) is 2.50. The molecule has 2 aromatic rings. The molecule has 0 spiro atoms. The molecule has 22 heavy (non-hydrogen) atoms. The normalized spacial score (nSPS) is 15.9. The highest BCUT2D eigenvalue weighted by Gasteiger charge is 2.21. The van der Waals surface area contributed by atoms with Crippen molar-refractivity contribution in [2.24, 2.45) is 4.99 Å². The molecule has 0 aromatic heterocycles. The Bertz CT molecular complexity index is 828.